The van der Waals surface area contributed by atoms with Gasteiger partial charge in [-0.15, -0.1) is 21.5 Å². The van der Waals surface area contributed by atoms with Crippen LogP contribution < -0.4 is 4.90 Å². The molecule has 0 aliphatic carbocycles. The van der Waals surface area contributed by atoms with E-state index in [1.807, 2.05) is 11.6 Å². The zero-order valence-corrected chi connectivity index (χ0v) is 14.3. The molecule has 1 aliphatic heterocycles. The standard InChI is InChI=1S/C16H20N6S/c1-3-12-7-13-15(17-9-18-16(13)23-12)22-6-4-5-11(8-22)14-20-19-10-21(14)2/h7,9-11H,3-6,8H2,1-2H3. The van der Waals surface area contributed by atoms with Crippen molar-refractivity contribution in [3.05, 3.63) is 29.4 Å². The Hall–Kier alpha value is -2.02. The number of thiophene rings is 1. The van der Waals surface area contributed by atoms with E-state index in [2.05, 4.69) is 38.1 Å². The summed E-state index contributed by atoms with van der Waals surface area (Å²) in [5.41, 5.74) is 0. The van der Waals surface area contributed by atoms with Crippen molar-refractivity contribution in [2.75, 3.05) is 18.0 Å². The van der Waals surface area contributed by atoms with Gasteiger partial charge in [-0.05, 0) is 25.3 Å². The van der Waals surface area contributed by atoms with E-state index in [4.69, 9.17) is 0 Å². The molecule has 0 aromatic carbocycles. The normalized spacial score (nSPS) is 18.7. The molecule has 7 heteroatoms. The zero-order valence-electron chi connectivity index (χ0n) is 13.4. The smallest absolute Gasteiger partial charge is 0.140 e. The molecule has 4 heterocycles. The molecule has 0 radical (unpaired) electrons. The summed E-state index contributed by atoms with van der Waals surface area (Å²) in [5.74, 6) is 2.54. The van der Waals surface area contributed by atoms with Crippen LogP contribution in [0, 0.1) is 0 Å². The van der Waals surface area contributed by atoms with Gasteiger partial charge >= 0.3 is 0 Å². The maximum Gasteiger partial charge on any atom is 0.140 e. The summed E-state index contributed by atoms with van der Waals surface area (Å²) >= 11 is 1.77. The van der Waals surface area contributed by atoms with Crippen LogP contribution in [-0.2, 0) is 13.5 Å². The van der Waals surface area contributed by atoms with Crippen molar-refractivity contribution in [2.45, 2.75) is 32.1 Å². The predicted molar refractivity (Wildman–Crippen MR) is 92.0 cm³/mol. The molecule has 6 nitrogen and oxygen atoms in total. The SMILES string of the molecule is CCc1cc2c(N3CCCC(c4nncn4C)C3)ncnc2s1. The Labute approximate surface area is 139 Å². The van der Waals surface area contributed by atoms with Gasteiger partial charge in [0.15, 0.2) is 0 Å². The maximum atomic E-state index is 4.60. The highest BCUT2D eigenvalue weighted by atomic mass is 32.1. The summed E-state index contributed by atoms with van der Waals surface area (Å²) in [7, 11) is 2.02. The van der Waals surface area contributed by atoms with Crippen molar-refractivity contribution in [3.8, 4) is 0 Å². The highest BCUT2D eigenvalue weighted by Gasteiger charge is 2.26. The molecule has 0 saturated carbocycles. The topological polar surface area (TPSA) is 59.7 Å². The van der Waals surface area contributed by atoms with Crippen molar-refractivity contribution < 1.29 is 0 Å². The van der Waals surface area contributed by atoms with Crippen molar-refractivity contribution in [2.24, 2.45) is 7.05 Å². The first-order valence-corrected chi connectivity index (χ1v) is 8.90. The summed E-state index contributed by atoms with van der Waals surface area (Å²) in [6.07, 6.45) is 6.82. The fourth-order valence-electron chi connectivity index (χ4n) is 3.36. The second kappa shape index (κ2) is 5.88. The number of aromatic nitrogens is 5. The van der Waals surface area contributed by atoms with Crippen LogP contribution in [-0.4, -0.2) is 37.8 Å². The van der Waals surface area contributed by atoms with Crippen molar-refractivity contribution >= 4 is 27.4 Å². The lowest BCUT2D eigenvalue weighted by atomic mass is 9.97. The molecular formula is C16H20N6S. The molecule has 3 aromatic rings. The highest BCUT2D eigenvalue weighted by Crippen LogP contribution is 2.34. The summed E-state index contributed by atoms with van der Waals surface area (Å²) in [6, 6.07) is 2.25. The Morgan fingerprint density at radius 1 is 1.35 bits per heavy atom. The minimum absolute atomic E-state index is 0.408. The van der Waals surface area contributed by atoms with E-state index < -0.39 is 0 Å². The van der Waals surface area contributed by atoms with E-state index in [1.165, 1.54) is 10.3 Å². The summed E-state index contributed by atoms with van der Waals surface area (Å²) in [4.78, 5) is 13.9. The second-order valence-electron chi connectivity index (χ2n) is 6.07. The van der Waals surface area contributed by atoms with E-state index in [9.17, 15) is 0 Å². The largest absolute Gasteiger partial charge is 0.355 e. The Morgan fingerprint density at radius 2 is 2.26 bits per heavy atom. The molecule has 0 spiro atoms. The third kappa shape index (κ3) is 2.59. The molecule has 1 fully saturated rings. The third-order valence-corrected chi connectivity index (χ3v) is 5.73. The zero-order chi connectivity index (χ0) is 15.8. The number of rotatable bonds is 3. The molecular weight excluding hydrogens is 308 g/mol. The van der Waals surface area contributed by atoms with Crippen LogP contribution in [0.5, 0.6) is 0 Å². The average Bonchev–Trinajstić information content (AvgIpc) is 3.20. The van der Waals surface area contributed by atoms with Crippen molar-refractivity contribution in [3.63, 3.8) is 0 Å². The molecule has 3 aromatic heterocycles. The van der Waals surface area contributed by atoms with E-state index >= 15 is 0 Å². The van der Waals surface area contributed by atoms with Crippen molar-refractivity contribution in [1.82, 2.24) is 24.7 Å². The second-order valence-corrected chi connectivity index (χ2v) is 7.18. The molecule has 0 N–H and O–H groups in total. The fraction of sp³-hybridized carbons (Fsp3) is 0.500. The van der Waals surface area contributed by atoms with Crippen LogP contribution in [0.3, 0.4) is 0 Å². The van der Waals surface area contributed by atoms with Gasteiger partial charge in [-0.3, -0.25) is 0 Å². The maximum absolute atomic E-state index is 4.60. The number of hydrogen-bond donors (Lipinski definition) is 0. The number of aryl methyl sites for hydroxylation is 2. The monoisotopic (exact) mass is 328 g/mol. The molecule has 4 rings (SSSR count). The van der Waals surface area contributed by atoms with Crippen LogP contribution in [0.4, 0.5) is 5.82 Å². The van der Waals surface area contributed by atoms with Crippen LogP contribution in [0.2, 0.25) is 0 Å². The summed E-state index contributed by atoms with van der Waals surface area (Å²) in [5, 5.41) is 9.52. The van der Waals surface area contributed by atoms with Crippen molar-refractivity contribution in [1.29, 1.82) is 0 Å². The lowest BCUT2D eigenvalue weighted by molar-refractivity contribution is 0.478. The van der Waals surface area contributed by atoms with Crippen LogP contribution >= 0.6 is 11.3 Å². The van der Waals surface area contributed by atoms with E-state index in [-0.39, 0.29) is 0 Å². The average molecular weight is 328 g/mol. The number of fused-ring (bicyclic) bond motifs is 1. The van der Waals surface area contributed by atoms with Gasteiger partial charge < -0.3 is 9.47 Å². The summed E-state index contributed by atoms with van der Waals surface area (Å²) in [6.45, 7) is 4.16. The molecule has 1 unspecified atom stereocenters. The highest BCUT2D eigenvalue weighted by molar-refractivity contribution is 7.18. The minimum Gasteiger partial charge on any atom is -0.355 e. The van der Waals surface area contributed by atoms with Gasteiger partial charge in [-0.2, -0.15) is 0 Å². The molecule has 120 valence electrons. The first-order valence-electron chi connectivity index (χ1n) is 8.08. The first-order chi connectivity index (χ1) is 11.3. The van der Waals surface area contributed by atoms with Gasteiger partial charge in [0.25, 0.3) is 0 Å². The van der Waals surface area contributed by atoms with Gasteiger partial charge in [0, 0.05) is 30.9 Å². The quantitative estimate of drug-likeness (QED) is 0.740. The predicted octanol–water partition coefficient (Wildman–Crippen LogP) is 2.77. The van der Waals surface area contributed by atoms with Gasteiger partial charge in [0.05, 0.1) is 5.39 Å². The Kier molecular flexibility index (Phi) is 3.72. The van der Waals surface area contributed by atoms with Gasteiger partial charge in [0.1, 0.15) is 29.1 Å². The molecule has 1 aliphatic rings. The lowest BCUT2D eigenvalue weighted by Gasteiger charge is -2.33. The van der Waals surface area contributed by atoms with Gasteiger partial charge in [0.2, 0.25) is 0 Å². The molecule has 23 heavy (non-hydrogen) atoms. The van der Waals surface area contributed by atoms with E-state index in [0.717, 1.165) is 48.8 Å². The Bertz CT molecular complexity index is 823. The lowest BCUT2D eigenvalue weighted by Crippen LogP contribution is -2.36. The first kappa shape index (κ1) is 14.6. The van der Waals surface area contributed by atoms with Crippen LogP contribution in [0.1, 0.15) is 36.4 Å². The minimum atomic E-state index is 0.408. The number of hydrogen-bond acceptors (Lipinski definition) is 6. The van der Waals surface area contributed by atoms with Crippen LogP contribution in [0.15, 0.2) is 18.7 Å². The number of piperidine rings is 1. The number of anilines is 1. The summed E-state index contributed by atoms with van der Waals surface area (Å²) < 4.78 is 2.03. The number of nitrogens with zero attached hydrogens (tertiary/aromatic N) is 6. The van der Waals surface area contributed by atoms with Gasteiger partial charge in [-0.25, -0.2) is 9.97 Å². The third-order valence-electron chi connectivity index (χ3n) is 4.54. The molecule has 0 bridgehead atoms. The van der Waals surface area contributed by atoms with E-state index in [0.29, 0.717) is 5.92 Å². The molecule has 0 amide bonds. The Balaban J connectivity index is 1.67. The molecule has 1 atom stereocenters. The fourth-order valence-corrected chi connectivity index (χ4v) is 4.29. The van der Waals surface area contributed by atoms with Crippen LogP contribution in [0.25, 0.3) is 10.2 Å². The molecule has 1 saturated heterocycles. The van der Waals surface area contributed by atoms with Gasteiger partial charge in [-0.1, -0.05) is 6.92 Å². The Morgan fingerprint density at radius 3 is 3.04 bits per heavy atom. The van der Waals surface area contributed by atoms with E-state index in [1.54, 1.807) is 24.0 Å².